The molecule has 1 aromatic rings. The molecule has 1 heterocycles. The summed E-state index contributed by atoms with van der Waals surface area (Å²) in [5.74, 6) is -0.670. The number of carboxylic acids is 1. The zero-order valence-corrected chi connectivity index (χ0v) is 12.1. The molecule has 6 heteroatoms. The minimum Gasteiger partial charge on any atom is -0.484 e. The first-order valence-electron chi connectivity index (χ1n) is 6.81. The summed E-state index contributed by atoms with van der Waals surface area (Å²) in [7, 11) is 0. The Labute approximate surface area is 123 Å². The number of carbonyl (C=O) groups is 2. The molecule has 6 nitrogen and oxygen atoms in total. The van der Waals surface area contributed by atoms with Gasteiger partial charge in [0.2, 0.25) is 0 Å². The Morgan fingerprint density at radius 3 is 2.86 bits per heavy atom. The number of nitrogens with zero attached hydrogens (tertiary/aromatic N) is 1. The molecule has 0 radical (unpaired) electrons. The van der Waals surface area contributed by atoms with Gasteiger partial charge < -0.3 is 19.5 Å². The van der Waals surface area contributed by atoms with Crippen molar-refractivity contribution in [1.82, 2.24) is 4.90 Å². The average molecular weight is 293 g/mol. The van der Waals surface area contributed by atoms with Crippen molar-refractivity contribution in [3.63, 3.8) is 0 Å². The van der Waals surface area contributed by atoms with Crippen LogP contribution in [0.3, 0.4) is 0 Å². The van der Waals surface area contributed by atoms with E-state index in [-0.39, 0.29) is 25.2 Å². The lowest BCUT2D eigenvalue weighted by molar-refractivity contribution is -0.167. The molecule has 0 aliphatic carbocycles. The molecule has 2 rings (SSSR count). The molecule has 0 spiro atoms. The minimum absolute atomic E-state index is 0.0513. The van der Waals surface area contributed by atoms with E-state index in [2.05, 4.69) is 0 Å². The van der Waals surface area contributed by atoms with Crippen LogP contribution in [0.5, 0.6) is 5.75 Å². The third kappa shape index (κ3) is 4.19. The number of hydrogen-bond donors (Lipinski definition) is 1. The lowest BCUT2D eigenvalue weighted by Crippen LogP contribution is -2.52. The zero-order valence-electron chi connectivity index (χ0n) is 12.1. The van der Waals surface area contributed by atoms with Gasteiger partial charge in [0.25, 0.3) is 5.91 Å². The van der Waals surface area contributed by atoms with Crippen LogP contribution in [0.1, 0.15) is 12.5 Å². The minimum atomic E-state index is -1.06. The van der Waals surface area contributed by atoms with Gasteiger partial charge in [-0.15, -0.1) is 0 Å². The zero-order chi connectivity index (χ0) is 15.4. The molecule has 1 aliphatic heterocycles. The lowest BCUT2D eigenvalue weighted by Gasteiger charge is -2.34. The molecule has 1 aromatic carbocycles. The van der Waals surface area contributed by atoms with Crippen LogP contribution < -0.4 is 4.74 Å². The summed E-state index contributed by atoms with van der Waals surface area (Å²) in [5, 5.41) is 9.00. The largest absolute Gasteiger partial charge is 0.484 e. The van der Waals surface area contributed by atoms with Crippen molar-refractivity contribution >= 4 is 11.9 Å². The van der Waals surface area contributed by atoms with E-state index in [1.807, 2.05) is 25.1 Å². The molecule has 1 unspecified atom stereocenters. The Kier molecular flexibility index (Phi) is 4.80. The third-order valence-electron chi connectivity index (χ3n) is 3.24. The van der Waals surface area contributed by atoms with E-state index in [0.717, 1.165) is 5.56 Å². The first-order valence-corrected chi connectivity index (χ1v) is 6.81. The fourth-order valence-corrected chi connectivity index (χ4v) is 2.23. The van der Waals surface area contributed by atoms with Gasteiger partial charge in [0.1, 0.15) is 5.75 Å². The van der Waals surface area contributed by atoms with Crippen molar-refractivity contribution < 1.29 is 24.2 Å². The number of morpholine rings is 1. The predicted molar refractivity (Wildman–Crippen MR) is 75.2 cm³/mol. The quantitative estimate of drug-likeness (QED) is 0.899. The first-order chi connectivity index (χ1) is 9.95. The van der Waals surface area contributed by atoms with Gasteiger partial charge in [-0.25, -0.2) is 4.79 Å². The number of ether oxygens (including phenoxy) is 2. The fourth-order valence-electron chi connectivity index (χ4n) is 2.23. The van der Waals surface area contributed by atoms with Gasteiger partial charge in [-0.2, -0.15) is 0 Å². The summed E-state index contributed by atoms with van der Waals surface area (Å²) >= 11 is 0. The molecule has 1 aliphatic rings. The lowest BCUT2D eigenvalue weighted by atomic mass is 10.2. The van der Waals surface area contributed by atoms with E-state index in [0.29, 0.717) is 12.3 Å². The fraction of sp³-hybridized carbons (Fsp3) is 0.467. The molecule has 0 aromatic heterocycles. The monoisotopic (exact) mass is 293 g/mol. The number of aryl methyl sites for hydroxylation is 1. The van der Waals surface area contributed by atoms with Crippen molar-refractivity contribution in [2.45, 2.75) is 26.1 Å². The highest BCUT2D eigenvalue weighted by Crippen LogP contribution is 2.14. The van der Waals surface area contributed by atoms with Crippen LogP contribution >= 0.6 is 0 Å². The van der Waals surface area contributed by atoms with Crippen LogP contribution in [-0.2, 0) is 14.3 Å². The SMILES string of the molecule is Cc1cccc(OCC(=O)N2CC(C(=O)O)O[C@H](C)C2)c1. The van der Waals surface area contributed by atoms with Crippen molar-refractivity contribution in [3.8, 4) is 5.75 Å². The van der Waals surface area contributed by atoms with Crippen LogP contribution in [0.2, 0.25) is 0 Å². The van der Waals surface area contributed by atoms with E-state index in [1.165, 1.54) is 4.90 Å². The highest BCUT2D eigenvalue weighted by molar-refractivity contribution is 5.80. The maximum atomic E-state index is 12.1. The summed E-state index contributed by atoms with van der Waals surface area (Å²) in [6.45, 7) is 4.00. The van der Waals surface area contributed by atoms with Crippen LogP contribution in [-0.4, -0.2) is 53.8 Å². The summed E-state index contributed by atoms with van der Waals surface area (Å²) in [5.41, 5.74) is 1.05. The Bertz CT molecular complexity index is 531. The normalized spacial score (nSPS) is 21.9. The van der Waals surface area contributed by atoms with Gasteiger partial charge in [0.05, 0.1) is 12.6 Å². The van der Waals surface area contributed by atoms with Gasteiger partial charge in [0.15, 0.2) is 12.7 Å². The molecule has 114 valence electrons. The smallest absolute Gasteiger partial charge is 0.334 e. The van der Waals surface area contributed by atoms with Crippen molar-refractivity contribution in [1.29, 1.82) is 0 Å². The van der Waals surface area contributed by atoms with Crippen LogP contribution in [0.15, 0.2) is 24.3 Å². The number of amides is 1. The number of rotatable bonds is 4. The molecule has 0 saturated carbocycles. The molecule has 0 bridgehead atoms. The Hall–Kier alpha value is -2.08. The number of benzene rings is 1. The molecule has 1 saturated heterocycles. The van der Waals surface area contributed by atoms with Gasteiger partial charge in [-0.3, -0.25) is 4.79 Å². The van der Waals surface area contributed by atoms with Gasteiger partial charge >= 0.3 is 5.97 Å². The van der Waals surface area contributed by atoms with E-state index in [1.54, 1.807) is 13.0 Å². The van der Waals surface area contributed by atoms with E-state index in [4.69, 9.17) is 14.6 Å². The summed E-state index contributed by atoms with van der Waals surface area (Å²) in [4.78, 5) is 24.6. The highest BCUT2D eigenvalue weighted by Gasteiger charge is 2.32. The van der Waals surface area contributed by atoms with Crippen molar-refractivity contribution in [2.75, 3.05) is 19.7 Å². The van der Waals surface area contributed by atoms with Gasteiger partial charge in [-0.05, 0) is 31.5 Å². The standard InChI is InChI=1S/C15H19NO5/c1-10-4-3-5-12(6-10)20-9-14(17)16-7-11(2)21-13(8-16)15(18)19/h3-6,11,13H,7-9H2,1-2H3,(H,18,19)/t11-,13?/m1/s1. The molecule has 2 atom stereocenters. The van der Waals surface area contributed by atoms with Gasteiger partial charge in [0, 0.05) is 6.54 Å². The summed E-state index contributed by atoms with van der Waals surface area (Å²) in [6.07, 6.45) is -1.28. The Morgan fingerprint density at radius 2 is 2.19 bits per heavy atom. The van der Waals surface area contributed by atoms with E-state index in [9.17, 15) is 9.59 Å². The first kappa shape index (κ1) is 15.3. The predicted octanol–water partition coefficient (Wildman–Crippen LogP) is 1.07. The topological polar surface area (TPSA) is 76.1 Å². The second kappa shape index (κ2) is 6.58. The second-order valence-corrected chi connectivity index (χ2v) is 5.18. The van der Waals surface area contributed by atoms with Crippen LogP contribution in [0, 0.1) is 6.92 Å². The number of aliphatic carboxylic acids is 1. The van der Waals surface area contributed by atoms with E-state index >= 15 is 0 Å². The molecule has 1 N–H and O–H groups in total. The maximum absolute atomic E-state index is 12.1. The number of carbonyl (C=O) groups excluding carboxylic acids is 1. The second-order valence-electron chi connectivity index (χ2n) is 5.18. The summed E-state index contributed by atoms with van der Waals surface area (Å²) < 4.78 is 10.7. The molecular formula is C15H19NO5. The molecule has 1 amide bonds. The van der Waals surface area contributed by atoms with Gasteiger partial charge in [-0.1, -0.05) is 12.1 Å². The average Bonchev–Trinajstić information content (AvgIpc) is 2.44. The number of hydrogen-bond acceptors (Lipinski definition) is 4. The highest BCUT2D eigenvalue weighted by atomic mass is 16.5. The molecule has 1 fully saturated rings. The number of carboxylic acid groups (broad SMARTS) is 1. The molecular weight excluding hydrogens is 274 g/mol. The Morgan fingerprint density at radius 1 is 1.43 bits per heavy atom. The van der Waals surface area contributed by atoms with E-state index < -0.39 is 12.1 Å². The van der Waals surface area contributed by atoms with Crippen LogP contribution in [0.4, 0.5) is 0 Å². The van der Waals surface area contributed by atoms with Crippen molar-refractivity contribution in [2.24, 2.45) is 0 Å². The Balaban J connectivity index is 1.92. The maximum Gasteiger partial charge on any atom is 0.334 e. The molecule has 21 heavy (non-hydrogen) atoms. The van der Waals surface area contributed by atoms with Crippen LogP contribution in [0.25, 0.3) is 0 Å². The van der Waals surface area contributed by atoms with Crippen molar-refractivity contribution in [3.05, 3.63) is 29.8 Å². The summed E-state index contributed by atoms with van der Waals surface area (Å²) in [6, 6.07) is 7.42. The third-order valence-corrected chi connectivity index (χ3v) is 3.24.